The lowest BCUT2D eigenvalue weighted by Crippen LogP contribution is -2.27. The molecule has 0 aliphatic carbocycles. The summed E-state index contributed by atoms with van der Waals surface area (Å²) in [5.41, 5.74) is 7.63. The molecule has 1 aromatic carbocycles. The zero-order valence-electron chi connectivity index (χ0n) is 11.2. The maximum absolute atomic E-state index is 6.06. The average Bonchev–Trinajstić information content (AvgIpc) is 2.69. The molecule has 1 aromatic heterocycles. The number of benzene rings is 1. The Morgan fingerprint density at radius 1 is 1.30 bits per heavy atom. The first-order chi connectivity index (χ1) is 9.79. The van der Waals surface area contributed by atoms with E-state index in [1.807, 2.05) is 24.3 Å². The van der Waals surface area contributed by atoms with E-state index >= 15 is 0 Å². The van der Waals surface area contributed by atoms with Gasteiger partial charge in [-0.3, -0.25) is 0 Å². The van der Waals surface area contributed by atoms with Gasteiger partial charge in [-0.2, -0.15) is 4.98 Å². The number of hydrogen-bond donors (Lipinski definition) is 1. The Balaban J connectivity index is 1.95. The van der Waals surface area contributed by atoms with Crippen LogP contribution in [-0.2, 0) is 6.54 Å². The van der Waals surface area contributed by atoms with Crippen LogP contribution in [0.15, 0.2) is 30.6 Å². The molecule has 0 unspecified atom stereocenters. The highest BCUT2D eigenvalue weighted by atomic mass is 16.5. The molecule has 1 aliphatic heterocycles. The molecule has 6 heteroatoms. The van der Waals surface area contributed by atoms with Gasteiger partial charge in [0.05, 0.1) is 13.7 Å². The van der Waals surface area contributed by atoms with Gasteiger partial charge in [0.1, 0.15) is 24.4 Å². The number of methoxy groups -OCH3 is 1. The number of nitrogen functional groups attached to an aromatic ring is 1. The summed E-state index contributed by atoms with van der Waals surface area (Å²) in [6.07, 6.45) is 1.46. The Bertz CT molecular complexity index is 618. The van der Waals surface area contributed by atoms with Crippen LogP contribution in [0.1, 0.15) is 5.56 Å². The summed E-state index contributed by atoms with van der Waals surface area (Å²) >= 11 is 0. The molecule has 0 spiro atoms. The normalized spacial score (nSPS) is 14.2. The lowest BCUT2D eigenvalue weighted by Gasteiger charge is -2.22. The standard InChI is InChI=1S/C14H16N4O2/c1-19-14-12(15)13(16-9-17-14)18-6-7-20-11-5-3-2-4-10(11)8-18/h2-5,9H,6-8,15H2,1H3. The topological polar surface area (TPSA) is 73.5 Å². The van der Waals surface area contributed by atoms with Crippen molar-refractivity contribution in [3.8, 4) is 11.6 Å². The molecule has 0 saturated carbocycles. The van der Waals surface area contributed by atoms with Crippen LogP contribution < -0.4 is 20.1 Å². The van der Waals surface area contributed by atoms with Gasteiger partial charge < -0.3 is 20.1 Å². The Morgan fingerprint density at radius 2 is 2.15 bits per heavy atom. The Labute approximate surface area is 117 Å². The van der Waals surface area contributed by atoms with Crippen molar-refractivity contribution in [1.82, 2.24) is 9.97 Å². The molecule has 20 heavy (non-hydrogen) atoms. The predicted octanol–water partition coefficient (Wildman–Crippen LogP) is 1.47. The third-order valence-corrected chi connectivity index (χ3v) is 3.27. The van der Waals surface area contributed by atoms with Crippen molar-refractivity contribution < 1.29 is 9.47 Å². The molecule has 0 bridgehead atoms. The molecule has 0 saturated heterocycles. The molecule has 2 N–H and O–H groups in total. The highest BCUT2D eigenvalue weighted by Crippen LogP contribution is 2.31. The third-order valence-electron chi connectivity index (χ3n) is 3.27. The maximum Gasteiger partial charge on any atom is 0.242 e. The van der Waals surface area contributed by atoms with Gasteiger partial charge in [-0.25, -0.2) is 4.98 Å². The monoisotopic (exact) mass is 272 g/mol. The number of para-hydroxylation sites is 1. The number of aromatic nitrogens is 2. The van der Waals surface area contributed by atoms with Crippen LogP contribution in [-0.4, -0.2) is 30.2 Å². The van der Waals surface area contributed by atoms with Crippen LogP contribution in [0.25, 0.3) is 0 Å². The molecule has 0 atom stereocenters. The van der Waals surface area contributed by atoms with E-state index in [4.69, 9.17) is 15.2 Å². The fourth-order valence-corrected chi connectivity index (χ4v) is 2.29. The van der Waals surface area contributed by atoms with Crippen molar-refractivity contribution in [2.75, 3.05) is 30.9 Å². The van der Waals surface area contributed by atoms with E-state index in [1.165, 1.54) is 6.33 Å². The van der Waals surface area contributed by atoms with E-state index < -0.39 is 0 Å². The Hall–Kier alpha value is -2.50. The summed E-state index contributed by atoms with van der Waals surface area (Å²) in [6.45, 7) is 1.99. The Morgan fingerprint density at radius 3 is 3.00 bits per heavy atom. The van der Waals surface area contributed by atoms with Gasteiger partial charge in [0.15, 0.2) is 5.82 Å². The first-order valence-corrected chi connectivity index (χ1v) is 6.39. The van der Waals surface area contributed by atoms with Gasteiger partial charge in [0.25, 0.3) is 0 Å². The number of nitrogens with two attached hydrogens (primary N) is 1. The first-order valence-electron chi connectivity index (χ1n) is 6.39. The summed E-state index contributed by atoms with van der Waals surface area (Å²) in [5, 5.41) is 0. The zero-order valence-corrected chi connectivity index (χ0v) is 11.2. The van der Waals surface area contributed by atoms with Gasteiger partial charge in [-0.1, -0.05) is 18.2 Å². The maximum atomic E-state index is 6.06. The molecule has 1 aliphatic rings. The summed E-state index contributed by atoms with van der Waals surface area (Å²) in [6, 6.07) is 7.98. The molecule has 3 rings (SSSR count). The molecular formula is C14H16N4O2. The number of anilines is 2. The van der Waals surface area contributed by atoms with Crippen LogP contribution in [0.3, 0.4) is 0 Å². The van der Waals surface area contributed by atoms with Crippen LogP contribution in [0.5, 0.6) is 11.6 Å². The summed E-state index contributed by atoms with van der Waals surface area (Å²) < 4.78 is 10.9. The third kappa shape index (κ3) is 2.20. The Kier molecular flexibility index (Phi) is 3.28. The van der Waals surface area contributed by atoms with Crippen molar-refractivity contribution >= 4 is 11.5 Å². The minimum Gasteiger partial charge on any atom is -0.491 e. The highest BCUT2D eigenvalue weighted by molar-refractivity contribution is 5.68. The smallest absolute Gasteiger partial charge is 0.242 e. The quantitative estimate of drug-likeness (QED) is 0.892. The van der Waals surface area contributed by atoms with Gasteiger partial charge in [-0.05, 0) is 6.07 Å². The van der Waals surface area contributed by atoms with Crippen molar-refractivity contribution in [1.29, 1.82) is 0 Å². The molecule has 0 radical (unpaired) electrons. The van der Waals surface area contributed by atoms with E-state index in [2.05, 4.69) is 14.9 Å². The number of fused-ring (bicyclic) bond motifs is 1. The van der Waals surface area contributed by atoms with Gasteiger partial charge in [0, 0.05) is 12.1 Å². The van der Waals surface area contributed by atoms with Crippen LogP contribution in [0.2, 0.25) is 0 Å². The van der Waals surface area contributed by atoms with Crippen molar-refractivity contribution in [3.63, 3.8) is 0 Å². The fourth-order valence-electron chi connectivity index (χ4n) is 2.29. The van der Waals surface area contributed by atoms with E-state index in [1.54, 1.807) is 7.11 Å². The number of rotatable bonds is 2. The SMILES string of the molecule is COc1ncnc(N2CCOc3ccccc3C2)c1N. The molecule has 2 aromatic rings. The largest absolute Gasteiger partial charge is 0.491 e. The fraction of sp³-hybridized carbons (Fsp3) is 0.286. The van der Waals surface area contributed by atoms with E-state index in [9.17, 15) is 0 Å². The highest BCUT2D eigenvalue weighted by Gasteiger charge is 2.20. The van der Waals surface area contributed by atoms with Crippen LogP contribution in [0.4, 0.5) is 11.5 Å². The zero-order chi connectivity index (χ0) is 13.9. The summed E-state index contributed by atoms with van der Waals surface area (Å²) in [5.74, 6) is 1.99. The molecule has 2 heterocycles. The minimum atomic E-state index is 0.397. The average molecular weight is 272 g/mol. The number of nitrogens with zero attached hydrogens (tertiary/aromatic N) is 3. The van der Waals surface area contributed by atoms with Crippen molar-refractivity contribution in [3.05, 3.63) is 36.2 Å². The van der Waals surface area contributed by atoms with Crippen molar-refractivity contribution in [2.24, 2.45) is 0 Å². The first kappa shape index (κ1) is 12.5. The van der Waals surface area contributed by atoms with E-state index in [0.29, 0.717) is 37.1 Å². The summed E-state index contributed by atoms with van der Waals surface area (Å²) in [4.78, 5) is 10.4. The number of hydrogen-bond acceptors (Lipinski definition) is 6. The molecule has 0 fully saturated rings. The minimum absolute atomic E-state index is 0.397. The van der Waals surface area contributed by atoms with E-state index in [-0.39, 0.29) is 0 Å². The molecular weight excluding hydrogens is 256 g/mol. The second kappa shape index (κ2) is 5.24. The van der Waals surface area contributed by atoms with E-state index in [0.717, 1.165) is 11.3 Å². The second-order valence-corrected chi connectivity index (χ2v) is 4.50. The van der Waals surface area contributed by atoms with Crippen LogP contribution >= 0.6 is 0 Å². The molecule has 6 nitrogen and oxygen atoms in total. The lowest BCUT2D eigenvalue weighted by molar-refractivity contribution is 0.331. The van der Waals surface area contributed by atoms with Crippen molar-refractivity contribution in [2.45, 2.75) is 6.54 Å². The van der Waals surface area contributed by atoms with Gasteiger partial charge in [0.2, 0.25) is 5.88 Å². The second-order valence-electron chi connectivity index (χ2n) is 4.50. The molecule has 104 valence electrons. The molecule has 0 amide bonds. The summed E-state index contributed by atoms with van der Waals surface area (Å²) in [7, 11) is 1.54. The van der Waals surface area contributed by atoms with Gasteiger partial charge in [-0.15, -0.1) is 0 Å². The predicted molar refractivity (Wildman–Crippen MR) is 76.0 cm³/mol. The lowest BCUT2D eigenvalue weighted by atomic mass is 10.2. The van der Waals surface area contributed by atoms with Crippen LogP contribution in [0, 0.1) is 0 Å². The van der Waals surface area contributed by atoms with Gasteiger partial charge >= 0.3 is 0 Å². The number of ether oxygens (including phenoxy) is 2.